The first-order chi connectivity index (χ1) is 9.25. The second kappa shape index (κ2) is 5.10. The van der Waals surface area contributed by atoms with Crippen LogP contribution in [-0.4, -0.2) is 31.2 Å². The molecule has 2 heterocycles. The molecule has 2 aromatic rings. The minimum absolute atomic E-state index is 0.00307. The SMILES string of the molecule is CN1CC(Cl)C/N=C(/c2ccco2)c2ccccc21. The van der Waals surface area contributed by atoms with Gasteiger partial charge in [0.05, 0.1) is 18.2 Å². The van der Waals surface area contributed by atoms with Crippen LogP contribution in [0.1, 0.15) is 11.3 Å². The molecule has 1 aromatic carbocycles. The quantitative estimate of drug-likeness (QED) is 0.748. The normalized spacial score (nSPS) is 22.1. The van der Waals surface area contributed by atoms with Crippen molar-refractivity contribution in [1.82, 2.24) is 0 Å². The van der Waals surface area contributed by atoms with Crippen LogP contribution in [0, 0.1) is 0 Å². The van der Waals surface area contributed by atoms with Crippen molar-refractivity contribution in [3.8, 4) is 0 Å². The molecule has 4 heteroatoms. The van der Waals surface area contributed by atoms with Gasteiger partial charge in [-0.1, -0.05) is 18.2 Å². The summed E-state index contributed by atoms with van der Waals surface area (Å²) in [6.45, 7) is 1.38. The summed E-state index contributed by atoms with van der Waals surface area (Å²) in [7, 11) is 2.05. The van der Waals surface area contributed by atoms with E-state index in [0.717, 1.165) is 29.3 Å². The summed E-state index contributed by atoms with van der Waals surface area (Å²) in [6, 6.07) is 12.0. The van der Waals surface area contributed by atoms with Gasteiger partial charge < -0.3 is 9.32 Å². The maximum Gasteiger partial charge on any atom is 0.152 e. The minimum atomic E-state index is 0.00307. The van der Waals surface area contributed by atoms with Crippen molar-refractivity contribution in [3.05, 3.63) is 54.0 Å². The Hall–Kier alpha value is -1.74. The molecule has 1 aromatic heterocycles. The minimum Gasteiger partial charge on any atom is -0.463 e. The molecule has 0 bridgehead atoms. The molecule has 0 N–H and O–H groups in total. The molecule has 3 rings (SSSR count). The Morgan fingerprint density at radius 3 is 2.89 bits per heavy atom. The predicted molar refractivity (Wildman–Crippen MR) is 78.6 cm³/mol. The number of fused-ring (bicyclic) bond motifs is 1. The number of nitrogens with zero attached hydrogens (tertiary/aromatic N) is 2. The molecule has 0 amide bonds. The van der Waals surface area contributed by atoms with Gasteiger partial charge in [0.2, 0.25) is 0 Å². The molecule has 0 spiro atoms. The van der Waals surface area contributed by atoms with E-state index >= 15 is 0 Å². The fourth-order valence-electron chi connectivity index (χ4n) is 2.36. The fourth-order valence-corrected chi connectivity index (χ4v) is 2.64. The van der Waals surface area contributed by atoms with E-state index in [1.54, 1.807) is 6.26 Å². The largest absolute Gasteiger partial charge is 0.463 e. The van der Waals surface area contributed by atoms with Gasteiger partial charge >= 0.3 is 0 Å². The Labute approximate surface area is 117 Å². The Morgan fingerprint density at radius 2 is 2.11 bits per heavy atom. The van der Waals surface area contributed by atoms with Crippen LogP contribution in [-0.2, 0) is 0 Å². The van der Waals surface area contributed by atoms with Gasteiger partial charge in [-0.3, -0.25) is 4.99 Å². The first kappa shape index (κ1) is 12.3. The first-order valence-corrected chi connectivity index (χ1v) is 6.72. The molecule has 19 heavy (non-hydrogen) atoms. The number of furan rings is 1. The number of halogens is 1. The Kier molecular flexibility index (Phi) is 3.30. The van der Waals surface area contributed by atoms with Crippen LogP contribution in [0.4, 0.5) is 5.69 Å². The lowest BCUT2D eigenvalue weighted by molar-refractivity contribution is 0.557. The average Bonchev–Trinajstić information content (AvgIpc) is 2.92. The smallest absolute Gasteiger partial charge is 0.152 e. The van der Waals surface area contributed by atoms with E-state index in [1.807, 2.05) is 24.3 Å². The number of anilines is 1. The summed E-state index contributed by atoms with van der Waals surface area (Å²) in [4.78, 5) is 6.82. The molecule has 0 saturated heterocycles. The van der Waals surface area contributed by atoms with Gasteiger partial charge in [0, 0.05) is 24.8 Å². The van der Waals surface area contributed by atoms with Gasteiger partial charge in [0.25, 0.3) is 0 Å². The number of aliphatic imine (C=N–C) groups is 1. The molecule has 3 nitrogen and oxygen atoms in total. The lowest BCUT2D eigenvalue weighted by Crippen LogP contribution is -2.31. The van der Waals surface area contributed by atoms with E-state index in [2.05, 4.69) is 29.1 Å². The van der Waals surface area contributed by atoms with Crippen LogP contribution in [0.15, 0.2) is 52.1 Å². The summed E-state index contributed by atoms with van der Waals surface area (Å²) in [5, 5.41) is 0.00307. The third-order valence-electron chi connectivity index (χ3n) is 3.24. The maximum absolute atomic E-state index is 6.30. The van der Waals surface area contributed by atoms with Crippen molar-refractivity contribution in [2.75, 3.05) is 25.0 Å². The summed E-state index contributed by atoms with van der Waals surface area (Å²) in [5.41, 5.74) is 3.09. The van der Waals surface area contributed by atoms with Crippen LogP contribution in [0.5, 0.6) is 0 Å². The van der Waals surface area contributed by atoms with Crippen LogP contribution in [0.3, 0.4) is 0 Å². The van der Waals surface area contributed by atoms with Crippen molar-refractivity contribution < 1.29 is 4.42 Å². The highest BCUT2D eigenvalue weighted by atomic mass is 35.5. The number of benzene rings is 1. The second-order valence-electron chi connectivity index (χ2n) is 4.66. The highest BCUT2D eigenvalue weighted by Gasteiger charge is 2.20. The van der Waals surface area contributed by atoms with E-state index in [1.165, 1.54) is 0 Å². The predicted octanol–water partition coefficient (Wildman–Crippen LogP) is 3.17. The number of hydrogen-bond donors (Lipinski definition) is 0. The average molecular weight is 275 g/mol. The second-order valence-corrected chi connectivity index (χ2v) is 5.28. The summed E-state index contributed by atoms with van der Waals surface area (Å²) >= 11 is 6.30. The van der Waals surface area contributed by atoms with E-state index in [4.69, 9.17) is 16.0 Å². The summed E-state index contributed by atoms with van der Waals surface area (Å²) in [5.74, 6) is 0.784. The topological polar surface area (TPSA) is 28.7 Å². The number of rotatable bonds is 1. The molecular weight excluding hydrogens is 260 g/mol. The van der Waals surface area contributed by atoms with E-state index in [9.17, 15) is 0 Å². The van der Waals surface area contributed by atoms with Crippen molar-refractivity contribution in [1.29, 1.82) is 0 Å². The monoisotopic (exact) mass is 274 g/mol. The van der Waals surface area contributed by atoms with Gasteiger partial charge in [-0.25, -0.2) is 0 Å². The molecule has 0 aliphatic carbocycles. The van der Waals surface area contributed by atoms with Crippen molar-refractivity contribution in [3.63, 3.8) is 0 Å². The highest BCUT2D eigenvalue weighted by molar-refractivity contribution is 6.22. The number of hydrogen-bond acceptors (Lipinski definition) is 3. The van der Waals surface area contributed by atoms with Crippen LogP contribution in [0.2, 0.25) is 0 Å². The molecule has 98 valence electrons. The van der Waals surface area contributed by atoms with E-state index in [-0.39, 0.29) is 5.38 Å². The highest BCUT2D eigenvalue weighted by Crippen LogP contribution is 2.25. The maximum atomic E-state index is 6.30. The molecule has 1 aliphatic rings. The van der Waals surface area contributed by atoms with E-state index in [0.29, 0.717) is 6.54 Å². The van der Waals surface area contributed by atoms with Crippen LogP contribution in [0.25, 0.3) is 0 Å². The summed E-state index contributed by atoms with van der Waals surface area (Å²) < 4.78 is 5.50. The fraction of sp³-hybridized carbons (Fsp3) is 0.267. The molecule has 1 unspecified atom stereocenters. The lowest BCUT2D eigenvalue weighted by Gasteiger charge is -2.26. The first-order valence-electron chi connectivity index (χ1n) is 6.28. The van der Waals surface area contributed by atoms with Crippen molar-refractivity contribution in [2.45, 2.75) is 5.38 Å². The number of para-hydroxylation sites is 1. The van der Waals surface area contributed by atoms with Gasteiger partial charge in [-0.2, -0.15) is 0 Å². The molecule has 0 saturated carbocycles. The zero-order valence-electron chi connectivity index (χ0n) is 10.7. The zero-order chi connectivity index (χ0) is 13.2. The van der Waals surface area contributed by atoms with Gasteiger partial charge in [0.15, 0.2) is 5.76 Å². The lowest BCUT2D eigenvalue weighted by atomic mass is 10.0. The Balaban J connectivity index is 2.15. The van der Waals surface area contributed by atoms with Gasteiger partial charge in [-0.15, -0.1) is 11.6 Å². The van der Waals surface area contributed by atoms with Crippen LogP contribution >= 0.6 is 11.6 Å². The molecule has 0 radical (unpaired) electrons. The number of alkyl halides is 1. The molecule has 0 fully saturated rings. The van der Waals surface area contributed by atoms with Crippen molar-refractivity contribution in [2.24, 2.45) is 4.99 Å². The Bertz CT molecular complexity index is 592. The van der Waals surface area contributed by atoms with Crippen LogP contribution < -0.4 is 4.90 Å². The zero-order valence-corrected chi connectivity index (χ0v) is 11.5. The summed E-state index contributed by atoms with van der Waals surface area (Å²) in [6.07, 6.45) is 1.67. The van der Waals surface area contributed by atoms with Gasteiger partial charge in [-0.05, 0) is 18.2 Å². The van der Waals surface area contributed by atoms with E-state index < -0.39 is 0 Å². The molecular formula is C15H15ClN2O. The standard InChI is InChI=1S/C15H15ClN2O/c1-18-10-11(16)9-17-15(14-7-4-8-19-14)12-5-2-3-6-13(12)18/h2-8,11H,9-10H2,1H3/b17-15+. The third kappa shape index (κ3) is 2.38. The third-order valence-corrected chi connectivity index (χ3v) is 3.52. The Morgan fingerprint density at radius 1 is 1.26 bits per heavy atom. The molecule has 1 aliphatic heterocycles. The van der Waals surface area contributed by atoms with Gasteiger partial charge in [0.1, 0.15) is 5.71 Å². The molecule has 1 atom stereocenters. The van der Waals surface area contributed by atoms with Crippen molar-refractivity contribution >= 4 is 23.0 Å².